The van der Waals surface area contributed by atoms with Crippen LogP contribution in [0.1, 0.15) is 71.1 Å². The molecule has 1 fully saturated rings. The Morgan fingerprint density at radius 3 is 2.63 bits per heavy atom. The first kappa shape index (κ1) is 16.8. The van der Waals surface area contributed by atoms with Crippen LogP contribution in [0, 0.1) is 11.8 Å². The van der Waals surface area contributed by atoms with Crippen molar-refractivity contribution in [3.8, 4) is 0 Å². The standard InChI is InChI=1S/C16H30ClNO/c1-2-6-15(11-12-17)13-18-16(19)10-9-14-7-4-3-5-8-14/h14-15H,2-13H2,1H3,(H,18,19). The smallest absolute Gasteiger partial charge is 0.220 e. The van der Waals surface area contributed by atoms with Crippen LogP contribution in [0.15, 0.2) is 0 Å². The average Bonchev–Trinajstić information content (AvgIpc) is 2.44. The molecule has 19 heavy (non-hydrogen) atoms. The fraction of sp³-hybridized carbons (Fsp3) is 0.938. The maximum atomic E-state index is 11.9. The van der Waals surface area contributed by atoms with Gasteiger partial charge in [-0.25, -0.2) is 0 Å². The van der Waals surface area contributed by atoms with Gasteiger partial charge in [-0.15, -0.1) is 11.6 Å². The Labute approximate surface area is 123 Å². The lowest BCUT2D eigenvalue weighted by molar-refractivity contribution is -0.121. The van der Waals surface area contributed by atoms with Crippen LogP contribution in [0.4, 0.5) is 0 Å². The lowest BCUT2D eigenvalue weighted by Gasteiger charge is -2.21. The van der Waals surface area contributed by atoms with Crippen molar-refractivity contribution in [3.63, 3.8) is 0 Å². The Bertz CT molecular complexity index is 233. The minimum absolute atomic E-state index is 0.237. The number of hydrogen-bond acceptors (Lipinski definition) is 1. The van der Waals surface area contributed by atoms with E-state index in [1.54, 1.807) is 0 Å². The summed E-state index contributed by atoms with van der Waals surface area (Å²) >= 11 is 5.80. The molecule has 1 aliphatic rings. The van der Waals surface area contributed by atoms with Gasteiger partial charge in [-0.1, -0.05) is 45.4 Å². The molecule has 0 aromatic rings. The summed E-state index contributed by atoms with van der Waals surface area (Å²) in [5.74, 6) is 2.29. The van der Waals surface area contributed by atoms with E-state index < -0.39 is 0 Å². The van der Waals surface area contributed by atoms with Gasteiger partial charge in [0.1, 0.15) is 0 Å². The highest BCUT2D eigenvalue weighted by atomic mass is 35.5. The molecule has 1 N–H and O–H groups in total. The number of amides is 1. The predicted molar refractivity (Wildman–Crippen MR) is 82.6 cm³/mol. The zero-order valence-electron chi connectivity index (χ0n) is 12.4. The van der Waals surface area contributed by atoms with Crippen LogP contribution in [0.3, 0.4) is 0 Å². The van der Waals surface area contributed by atoms with Crippen molar-refractivity contribution in [1.82, 2.24) is 5.32 Å². The molecule has 0 aromatic carbocycles. The van der Waals surface area contributed by atoms with E-state index >= 15 is 0 Å². The molecule has 1 saturated carbocycles. The van der Waals surface area contributed by atoms with E-state index in [0.29, 0.717) is 18.2 Å². The number of hydrogen-bond donors (Lipinski definition) is 1. The number of carbonyl (C=O) groups is 1. The second-order valence-electron chi connectivity index (χ2n) is 5.98. The Morgan fingerprint density at radius 1 is 1.26 bits per heavy atom. The van der Waals surface area contributed by atoms with Crippen molar-refractivity contribution in [2.75, 3.05) is 12.4 Å². The van der Waals surface area contributed by atoms with Gasteiger partial charge in [-0.2, -0.15) is 0 Å². The highest BCUT2D eigenvalue weighted by molar-refractivity contribution is 6.17. The molecule has 0 radical (unpaired) electrons. The molecule has 0 aliphatic heterocycles. The number of carbonyl (C=O) groups excluding carboxylic acids is 1. The van der Waals surface area contributed by atoms with Crippen LogP contribution in [0.25, 0.3) is 0 Å². The van der Waals surface area contributed by atoms with Gasteiger partial charge in [0.25, 0.3) is 0 Å². The second-order valence-corrected chi connectivity index (χ2v) is 6.36. The monoisotopic (exact) mass is 287 g/mol. The summed E-state index contributed by atoms with van der Waals surface area (Å²) in [5, 5.41) is 3.09. The van der Waals surface area contributed by atoms with E-state index in [1.807, 2.05) is 0 Å². The first-order chi connectivity index (χ1) is 9.26. The molecule has 1 aliphatic carbocycles. The van der Waals surface area contributed by atoms with E-state index in [2.05, 4.69) is 12.2 Å². The zero-order chi connectivity index (χ0) is 13.9. The van der Waals surface area contributed by atoms with Crippen LogP contribution in [0.2, 0.25) is 0 Å². The second kappa shape index (κ2) is 10.5. The molecule has 3 heteroatoms. The van der Waals surface area contributed by atoms with Crippen molar-refractivity contribution in [2.45, 2.75) is 71.1 Å². The highest BCUT2D eigenvalue weighted by Gasteiger charge is 2.15. The van der Waals surface area contributed by atoms with E-state index in [9.17, 15) is 4.79 Å². The van der Waals surface area contributed by atoms with Crippen molar-refractivity contribution in [1.29, 1.82) is 0 Å². The number of rotatable bonds is 9. The average molecular weight is 288 g/mol. The molecule has 0 aromatic heterocycles. The van der Waals surface area contributed by atoms with Gasteiger partial charge in [0.15, 0.2) is 0 Å². The molecule has 0 spiro atoms. The van der Waals surface area contributed by atoms with Crippen molar-refractivity contribution < 1.29 is 4.79 Å². The van der Waals surface area contributed by atoms with Crippen LogP contribution in [-0.2, 0) is 4.79 Å². The van der Waals surface area contributed by atoms with E-state index in [4.69, 9.17) is 11.6 Å². The van der Waals surface area contributed by atoms with Gasteiger partial charge in [0.2, 0.25) is 5.91 Å². The molecule has 1 amide bonds. The molecule has 2 nitrogen and oxygen atoms in total. The maximum absolute atomic E-state index is 11.9. The topological polar surface area (TPSA) is 29.1 Å². The van der Waals surface area contributed by atoms with Crippen LogP contribution >= 0.6 is 11.6 Å². The molecule has 0 bridgehead atoms. The van der Waals surface area contributed by atoms with Gasteiger partial charge in [-0.3, -0.25) is 4.79 Å². The third-order valence-corrected chi connectivity index (χ3v) is 4.52. The van der Waals surface area contributed by atoms with Crippen molar-refractivity contribution in [3.05, 3.63) is 0 Å². The molecule has 1 unspecified atom stereocenters. The third-order valence-electron chi connectivity index (χ3n) is 4.31. The Morgan fingerprint density at radius 2 is 2.00 bits per heavy atom. The SMILES string of the molecule is CCCC(CCCl)CNC(=O)CCC1CCCCC1. The molecule has 1 rings (SSSR count). The minimum Gasteiger partial charge on any atom is -0.356 e. The van der Waals surface area contributed by atoms with Gasteiger partial charge < -0.3 is 5.32 Å². The number of alkyl halides is 1. The predicted octanol–water partition coefficient (Wildman–Crippen LogP) is 4.51. The van der Waals surface area contributed by atoms with E-state index in [-0.39, 0.29) is 5.91 Å². The number of nitrogens with one attached hydrogen (secondary N) is 1. The summed E-state index contributed by atoms with van der Waals surface area (Å²) in [5.41, 5.74) is 0. The van der Waals surface area contributed by atoms with Gasteiger partial charge in [-0.05, 0) is 31.1 Å². The quantitative estimate of drug-likeness (QED) is 0.621. The molecule has 1 atom stereocenters. The Hall–Kier alpha value is -0.240. The van der Waals surface area contributed by atoms with Crippen molar-refractivity contribution in [2.24, 2.45) is 11.8 Å². The first-order valence-corrected chi connectivity index (χ1v) is 8.62. The molecule has 0 heterocycles. The van der Waals surface area contributed by atoms with Gasteiger partial charge >= 0.3 is 0 Å². The Kier molecular flexibility index (Phi) is 9.32. The third kappa shape index (κ3) is 7.81. The maximum Gasteiger partial charge on any atom is 0.220 e. The molecule has 112 valence electrons. The molecular formula is C16H30ClNO. The fourth-order valence-corrected chi connectivity index (χ4v) is 3.38. The van der Waals surface area contributed by atoms with Crippen molar-refractivity contribution >= 4 is 17.5 Å². The summed E-state index contributed by atoms with van der Waals surface area (Å²) in [6.45, 7) is 3.00. The normalized spacial score (nSPS) is 18.2. The first-order valence-electron chi connectivity index (χ1n) is 8.09. The van der Waals surface area contributed by atoms with E-state index in [1.165, 1.54) is 38.5 Å². The van der Waals surface area contributed by atoms with Crippen LogP contribution in [-0.4, -0.2) is 18.3 Å². The highest BCUT2D eigenvalue weighted by Crippen LogP contribution is 2.27. The molecular weight excluding hydrogens is 258 g/mol. The Balaban J connectivity index is 2.11. The summed E-state index contributed by atoms with van der Waals surface area (Å²) in [6, 6.07) is 0. The summed E-state index contributed by atoms with van der Waals surface area (Å²) in [6.07, 6.45) is 11.9. The van der Waals surface area contributed by atoms with E-state index in [0.717, 1.165) is 31.7 Å². The lowest BCUT2D eigenvalue weighted by Crippen LogP contribution is -2.29. The van der Waals surface area contributed by atoms with Gasteiger partial charge in [0, 0.05) is 18.8 Å². The van der Waals surface area contributed by atoms with Crippen LogP contribution < -0.4 is 5.32 Å². The minimum atomic E-state index is 0.237. The fourth-order valence-electron chi connectivity index (χ4n) is 3.07. The zero-order valence-corrected chi connectivity index (χ0v) is 13.2. The summed E-state index contributed by atoms with van der Waals surface area (Å²) < 4.78 is 0. The lowest BCUT2D eigenvalue weighted by atomic mass is 9.86. The van der Waals surface area contributed by atoms with Gasteiger partial charge in [0.05, 0.1) is 0 Å². The number of halogens is 1. The van der Waals surface area contributed by atoms with Crippen LogP contribution in [0.5, 0.6) is 0 Å². The summed E-state index contributed by atoms with van der Waals surface area (Å²) in [4.78, 5) is 11.9. The molecule has 0 saturated heterocycles. The largest absolute Gasteiger partial charge is 0.356 e. The summed E-state index contributed by atoms with van der Waals surface area (Å²) in [7, 11) is 0.